The van der Waals surface area contributed by atoms with Crippen LogP contribution in [-0.2, 0) is 14.9 Å². The fraction of sp³-hybridized carbons (Fsp3) is 0.462. The van der Waals surface area contributed by atoms with E-state index in [1.165, 1.54) is 7.11 Å². The molecule has 1 saturated carbocycles. The molecule has 0 saturated heterocycles. The largest absolute Gasteiger partial charge is 0.496 e. The van der Waals surface area contributed by atoms with Crippen LogP contribution >= 0.6 is 0 Å². The fourth-order valence-corrected chi connectivity index (χ4v) is 2.29. The lowest BCUT2D eigenvalue weighted by atomic mass is 9.88. The van der Waals surface area contributed by atoms with Gasteiger partial charge in [0.25, 0.3) is 0 Å². The molecule has 0 spiro atoms. The van der Waals surface area contributed by atoms with Gasteiger partial charge in [0.1, 0.15) is 11.8 Å². The van der Waals surface area contributed by atoms with Crippen molar-refractivity contribution in [2.45, 2.75) is 24.3 Å². The van der Waals surface area contributed by atoms with Crippen molar-refractivity contribution in [3.8, 4) is 5.75 Å². The number of rotatable bonds is 4. The maximum atomic E-state index is 11.6. The number of benzene rings is 1. The summed E-state index contributed by atoms with van der Waals surface area (Å²) in [5.74, 6) is 0.415. The normalized spacial score (nSPS) is 18.3. The van der Waals surface area contributed by atoms with Crippen molar-refractivity contribution < 1.29 is 14.3 Å². The molecule has 1 aliphatic rings. The molecule has 2 N–H and O–H groups in total. The molecule has 17 heavy (non-hydrogen) atoms. The Bertz CT molecular complexity index is 426. The zero-order valence-electron chi connectivity index (χ0n) is 10.1. The first kappa shape index (κ1) is 11.9. The molecule has 0 bridgehead atoms. The average Bonchev–Trinajstić information content (AvgIpc) is 3.18. The third-order valence-corrected chi connectivity index (χ3v) is 3.48. The Kier molecular flexibility index (Phi) is 3.07. The molecule has 1 unspecified atom stereocenters. The van der Waals surface area contributed by atoms with Crippen molar-refractivity contribution in [3.63, 3.8) is 0 Å². The summed E-state index contributed by atoms with van der Waals surface area (Å²) in [6, 6.07) is 7.07. The zero-order valence-corrected chi connectivity index (χ0v) is 10.1. The number of methoxy groups -OCH3 is 2. The topological polar surface area (TPSA) is 61.5 Å². The molecule has 4 heteroatoms. The Labute approximate surface area is 101 Å². The smallest absolute Gasteiger partial charge is 0.323 e. The molecule has 1 fully saturated rings. The lowest BCUT2D eigenvalue weighted by Crippen LogP contribution is -2.43. The standard InChI is InChI=1S/C13H17NO3/c1-16-10-6-4-3-5-9(10)13(7-8-13)11(14)12(15)17-2/h3-6,11H,7-8,14H2,1-2H3. The van der Waals surface area contributed by atoms with Gasteiger partial charge in [0.15, 0.2) is 0 Å². The van der Waals surface area contributed by atoms with E-state index in [0.29, 0.717) is 0 Å². The summed E-state index contributed by atoms with van der Waals surface area (Å²) in [7, 11) is 2.99. The van der Waals surface area contributed by atoms with Crippen LogP contribution in [0.4, 0.5) is 0 Å². The summed E-state index contributed by atoms with van der Waals surface area (Å²) < 4.78 is 10.1. The van der Waals surface area contributed by atoms with Gasteiger partial charge in [0.2, 0.25) is 0 Å². The molecular formula is C13H17NO3. The quantitative estimate of drug-likeness (QED) is 0.797. The molecule has 4 nitrogen and oxygen atoms in total. The van der Waals surface area contributed by atoms with Gasteiger partial charge >= 0.3 is 5.97 Å². The predicted molar refractivity (Wildman–Crippen MR) is 63.9 cm³/mol. The highest BCUT2D eigenvalue weighted by molar-refractivity contribution is 5.79. The molecule has 1 aromatic rings. The Morgan fingerprint density at radius 1 is 1.35 bits per heavy atom. The highest BCUT2D eigenvalue weighted by Gasteiger charge is 2.54. The summed E-state index contributed by atoms with van der Waals surface area (Å²) in [5.41, 5.74) is 6.69. The van der Waals surface area contributed by atoms with E-state index < -0.39 is 6.04 Å². The average molecular weight is 235 g/mol. The maximum absolute atomic E-state index is 11.6. The van der Waals surface area contributed by atoms with E-state index in [0.717, 1.165) is 24.2 Å². The molecule has 1 aliphatic carbocycles. The second-order valence-electron chi connectivity index (χ2n) is 4.36. The molecular weight excluding hydrogens is 218 g/mol. The monoisotopic (exact) mass is 235 g/mol. The Balaban J connectivity index is 2.35. The molecule has 1 atom stereocenters. The van der Waals surface area contributed by atoms with Crippen molar-refractivity contribution in [3.05, 3.63) is 29.8 Å². The molecule has 0 amide bonds. The number of para-hydroxylation sites is 1. The van der Waals surface area contributed by atoms with Crippen molar-refractivity contribution in [2.75, 3.05) is 14.2 Å². The molecule has 0 heterocycles. The SMILES string of the molecule is COC(=O)C(N)C1(c2ccccc2OC)CC1. The maximum Gasteiger partial charge on any atom is 0.323 e. The number of nitrogens with two attached hydrogens (primary N) is 1. The number of carbonyl (C=O) groups is 1. The van der Waals surface area contributed by atoms with Gasteiger partial charge in [-0.2, -0.15) is 0 Å². The van der Waals surface area contributed by atoms with E-state index in [1.807, 2.05) is 24.3 Å². The van der Waals surface area contributed by atoms with E-state index in [2.05, 4.69) is 0 Å². The van der Waals surface area contributed by atoms with Gasteiger partial charge in [0, 0.05) is 11.0 Å². The van der Waals surface area contributed by atoms with Crippen molar-refractivity contribution in [1.82, 2.24) is 0 Å². The first-order valence-electron chi connectivity index (χ1n) is 5.62. The van der Waals surface area contributed by atoms with Crippen LogP contribution in [-0.4, -0.2) is 26.2 Å². The number of esters is 1. The van der Waals surface area contributed by atoms with Gasteiger partial charge in [0.05, 0.1) is 14.2 Å². The Morgan fingerprint density at radius 2 is 2.00 bits per heavy atom. The Hall–Kier alpha value is -1.55. The first-order valence-corrected chi connectivity index (χ1v) is 5.62. The molecule has 92 valence electrons. The first-order chi connectivity index (χ1) is 8.15. The third-order valence-electron chi connectivity index (χ3n) is 3.48. The number of carbonyl (C=O) groups excluding carboxylic acids is 1. The fourth-order valence-electron chi connectivity index (χ4n) is 2.29. The van der Waals surface area contributed by atoms with Crippen molar-refractivity contribution in [2.24, 2.45) is 5.73 Å². The van der Waals surface area contributed by atoms with E-state index in [-0.39, 0.29) is 11.4 Å². The lowest BCUT2D eigenvalue weighted by molar-refractivity contribution is -0.143. The van der Waals surface area contributed by atoms with Crippen LogP contribution in [0.5, 0.6) is 5.75 Å². The molecule has 0 aromatic heterocycles. The summed E-state index contributed by atoms with van der Waals surface area (Å²) in [6.07, 6.45) is 1.78. The summed E-state index contributed by atoms with van der Waals surface area (Å²) in [5, 5.41) is 0. The van der Waals surface area contributed by atoms with E-state index >= 15 is 0 Å². The highest BCUT2D eigenvalue weighted by atomic mass is 16.5. The highest BCUT2D eigenvalue weighted by Crippen LogP contribution is 2.53. The van der Waals surface area contributed by atoms with Gasteiger partial charge in [-0.15, -0.1) is 0 Å². The Morgan fingerprint density at radius 3 is 2.53 bits per heavy atom. The molecule has 1 aromatic carbocycles. The van der Waals surface area contributed by atoms with Crippen LogP contribution in [0.3, 0.4) is 0 Å². The van der Waals surface area contributed by atoms with Gasteiger partial charge in [-0.25, -0.2) is 0 Å². The second-order valence-corrected chi connectivity index (χ2v) is 4.36. The van der Waals surface area contributed by atoms with Crippen LogP contribution in [0.15, 0.2) is 24.3 Å². The second kappa shape index (κ2) is 4.37. The molecule has 0 aliphatic heterocycles. The predicted octanol–water partition coefficient (Wildman–Crippen LogP) is 1.23. The number of hydrogen-bond donors (Lipinski definition) is 1. The van der Waals surface area contributed by atoms with Crippen LogP contribution in [0.1, 0.15) is 18.4 Å². The molecule has 2 rings (SSSR count). The van der Waals surface area contributed by atoms with Gasteiger partial charge in [-0.3, -0.25) is 4.79 Å². The van der Waals surface area contributed by atoms with Gasteiger partial charge in [-0.05, 0) is 18.9 Å². The number of hydrogen-bond acceptors (Lipinski definition) is 4. The van der Waals surface area contributed by atoms with E-state index in [4.69, 9.17) is 15.2 Å². The lowest BCUT2D eigenvalue weighted by Gasteiger charge is -2.23. The number of ether oxygens (including phenoxy) is 2. The third kappa shape index (κ3) is 1.89. The minimum absolute atomic E-state index is 0.306. The minimum Gasteiger partial charge on any atom is -0.496 e. The van der Waals surface area contributed by atoms with Crippen LogP contribution in [0.2, 0.25) is 0 Å². The van der Waals surface area contributed by atoms with Crippen LogP contribution < -0.4 is 10.5 Å². The van der Waals surface area contributed by atoms with E-state index in [1.54, 1.807) is 7.11 Å². The summed E-state index contributed by atoms with van der Waals surface area (Å²) in [6.45, 7) is 0. The van der Waals surface area contributed by atoms with Crippen LogP contribution in [0, 0.1) is 0 Å². The van der Waals surface area contributed by atoms with E-state index in [9.17, 15) is 4.79 Å². The van der Waals surface area contributed by atoms with Gasteiger partial charge in [-0.1, -0.05) is 18.2 Å². The minimum atomic E-state index is -0.621. The van der Waals surface area contributed by atoms with Gasteiger partial charge < -0.3 is 15.2 Å². The summed E-state index contributed by atoms with van der Waals surface area (Å²) >= 11 is 0. The van der Waals surface area contributed by atoms with Crippen molar-refractivity contribution >= 4 is 5.97 Å². The van der Waals surface area contributed by atoms with Crippen LogP contribution in [0.25, 0.3) is 0 Å². The molecule has 0 radical (unpaired) electrons. The summed E-state index contributed by atoms with van der Waals surface area (Å²) in [4.78, 5) is 11.6. The zero-order chi connectivity index (χ0) is 12.5. The van der Waals surface area contributed by atoms with Crippen molar-refractivity contribution in [1.29, 1.82) is 0 Å².